The van der Waals surface area contributed by atoms with E-state index in [-0.39, 0.29) is 13.2 Å². The molecule has 2 N–H and O–H groups in total. The Bertz CT molecular complexity index is 702. The van der Waals surface area contributed by atoms with Crippen LogP contribution < -0.4 is 4.74 Å². The van der Waals surface area contributed by atoms with Crippen molar-refractivity contribution >= 4 is 23.2 Å². The SMILES string of the molecule is C#CC(O)COC1(Cl)C=CC=CC1.C#CC(O)COc1cccc(Cl)c1. The van der Waals surface area contributed by atoms with Crippen molar-refractivity contribution in [3.8, 4) is 30.4 Å². The third kappa shape index (κ3) is 8.97. The van der Waals surface area contributed by atoms with Crippen LogP contribution in [0.3, 0.4) is 0 Å². The molecule has 1 aliphatic rings. The van der Waals surface area contributed by atoms with Crippen molar-refractivity contribution in [2.75, 3.05) is 13.2 Å². The summed E-state index contributed by atoms with van der Waals surface area (Å²) in [6, 6.07) is 6.91. The van der Waals surface area contributed by atoms with Gasteiger partial charge in [-0.2, -0.15) is 0 Å². The molecule has 1 aromatic rings. The molecule has 1 aromatic carbocycles. The van der Waals surface area contributed by atoms with E-state index >= 15 is 0 Å². The zero-order chi connectivity index (χ0) is 19.4. The highest BCUT2D eigenvalue weighted by Gasteiger charge is 2.25. The highest BCUT2D eigenvalue weighted by atomic mass is 35.5. The van der Waals surface area contributed by atoms with Gasteiger partial charge in [-0.15, -0.1) is 12.8 Å². The van der Waals surface area contributed by atoms with Gasteiger partial charge >= 0.3 is 0 Å². The predicted molar refractivity (Wildman–Crippen MR) is 104 cm³/mol. The van der Waals surface area contributed by atoms with Crippen LogP contribution in [0.2, 0.25) is 5.02 Å². The summed E-state index contributed by atoms with van der Waals surface area (Å²) in [5.41, 5.74) is 0. The zero-order valence-electron chi connectivity index (χ0n) is 14.0. The van der Waals surface area contributed by atoms with Crippen LogP contribution in [-0.2, 0) is 4.74 Å². The van der Waals surface area contributed by atoms with Crippen LogP contribution in [0.15, 0.2) is 48.6 Å². The van der Waals surface area contributed by atoms with Crippen LogP contribution in [-0.4, -0.2) is 40.7 Å². The number of rotatable bonds is 6. The van der Waals surface area contributed by atoms with Gasteiger partial charge in [-0.3, -0.25) is 0 Å². The average Bonchev–Trinajstić information content (AvgIpc) is 2.65. The minimum absolute atomic E-state index is 0.0537. The van der Waals surface area contributed by atoms with Crippen LogP contribution in [0.1, 0.15) is 6.42 Å². The van der Waals surface area contributed by atoms with E-state index in [1.54, 1.807) is 36.4 Å². The lowest BCUT2D eigenvalue weighted by atomic mass is 10.1. The van der Waals surface area contributed by atoms with Gasteiger partial charge in [-0.05, 0) is 24.3 Å². The van der Waals surface area contributed by atoms with Gasteiger partial charge in [0.05, 0.1) is 6.61 Å². The van der Waals surface area contributed by atoms with Gasteiger partial charge in [0, 0.05) is 11.4 Å². The lowest BCUT2D eigenvalue weighted by molar-refractivity contribution is 0.0101. The number of allylic oxidation sites excluding steroid dienone is 2. The molecule has 3 unspecified atom stereocenters. The number of alkyl halides is 1. The number of ether oxygens (including phenoxy) is 2. The molecule has 4 nitrogen and oxygen atoms in total. The van der Waals surface area contributed by atoms with E-state index in [0.717, 1.165) is 0 Å². The summed E-state index contributed by atoms with van der Waals surface area (Å²) in [5.74, 6) is 4.90. The van der Waals surface area contributed by atoms with Gasteiger partial charge in [0.1, 0.15) is 24.6 Å². The van der Waals surface area contributed by atoms with Crippen LogP contribution >= 0.6 is 23.2 Å². The number of aliphatic hydroxyl groups is 2. The zero-order valence-corrected chi connectivity index (χ0v) is 15.5. The first kappa shape index (κ1) is 22.1. The monoisotopic (exact) mass is 394 g/mol. The minimum atomic E-state index is -0.894. The second kappa shape index (κ2) is 11.6. The second-order valence-electron chi connectivity index (χ2n) is 5.22. The molecule has 2 rings (SSSR count). The van der Waals surface area contributed by atoms with Crippen molar-refractivity contribution in [2.24, 2.45) is 0 Å². The molecule has 0 saturated carbocycles. The topological polar surface area (TPSA) is 58.9 Å². The summed E-state index contributed by atoms with van der Waals surface area (Å²) in [5, 5.41) is 17.8. The lowest BCUT2D eigenvalue weighted by Gasteiger charge is -2.24. The highest BCUT2D eigenvalue weighted by molar-refractivity contribution is 6.30. The number of aliphatic hydroxyl groups excluding tert-OH is 2. The quantitative estimate of drug-likeness (QED) is 0.574. The predicted octanol–water partition coefficient (Wildman–Crippen LogP) is 3.16. The molecule has 0 aromatic heterocycles. The first-order valence-electron chi connectivity index (χ1n) is 7.72. The Morgan fingerprint density at radius 1 is 1.15 bits per heavy atom. The fourth-order valence-corrected chi connectivity index (χ4v) is 2.13. The van der Waals surface area contributed by atoms with E-state index in [1.165, 1.54) is 0 Å². The molecule has 6 heteroatoms. The molecular formula is C20H20Cl2O4. The van der Waals surface area contributed by atoms with Crippen LogP contribution in [0, 0.1) is 24.7 Å². The normalized spacial score (nSPS) is 20.1. The Kier molecular flexibility index (Phi) is 9.91. The van der Waals surface area contributed by atoms with Crippen LogP contribution in [0.25, 0.3) is 0 Å². The van der Waals surface area contributed by atoms with Crippen molar-refractivity contribution in [3.05, 3.63) is 53.6 Å². The third-order valence-corrected chi connectivity index (χ3v) is 3.68. The summed E-state index contributed by atoms with van der Waals surface area (Å²) in [6.07, 6.45) is 16.1. The second-order valence-corrected chi connectivity index (χ2v) is 6.30. The number of hydrogen-bond acceptors (Lipinski definition) is 4. The van der Waals surface area contributed by atoms with Crippen molar-refractivity contribution in [1.82, 2.24) is 0 Å². The molecule has 0 heterocycles. The Balaban J connectivity index is 0.000000260. The molecular weight excluding hydrogens is 375 g/mol. The maximum Gasteiger partial charge on any atom is 0.164 e. The molecule has 0 spiro atoms. The maximum atomic E-state index is 9.04. The molecule has 0 bridgehead atoms. The Labute approximate surface area is 164 Å². The summed E-state index contributed by atoms with van der Waals surface area (Å²) in [4.78, 5) is 0. The molecule has 0 amide bonds. The fourth-order valence-electron chi connectivity index (χ4n) is 1.73. The van der Waals surface area contributed by atoms with Crippen molar-refractivity contribution in [1.29, 1.82) is 0 Å². The smallest absolute Gasteiger partial charge is 0.164 e. The van der Waals surface area contributed by atoms with Gasteiger partial charge in [-0.25, -0.2) is 0 Å². The van der Waals surface area contributed by atoms with Gasteiger partial charge in [-0.1, -0.05) is 59.3 Å². The van der Waals surface area contributed by atoms with Crippen LogP contribution in [0.5, 0.6) is 5.75 Å². The molecule has 3 atom stereocenters. The molecule has 0 saturated heterocycles. The molecule has 0 radical (unpaired) electrons. The number of halogens is 2. The van der Waals surface area contributed by atoms with E-state index in [4.69, 9.17) is 55.7 Å². The largest absolute Gasteiger partial charge is 0.490 e. The van der Waals surface area contributed by atoms with E-state index in [9.17, 15) is 0 Å². The molecule has 1 aliphatic carbocycles. The van der Waals surface area contributed by atoms with Crippen molar-refractivity contribution < 1.29 is 19.7 Å². The summed E-state index contributed by atoms with van der Waals surface area (Å²) in [7, 11) is 0. The van der Waals surface area contributed by atoms with Crippen LogP contribution in [0.4, 0.5) is 0 Å². The standard InChI is InChI=1S/C10H9ClO2.C10H11ClO2/c1-2-9(12)7-13-10-5-3-4-8(11)6-10;1-2-9(12)8-13-10(11)6-4-3-5-7-10/h1,3-6,9,12H,7H2;1,3-6,9,12H,7-8H2. The third-order valence-electron chi connectivity index (χ3n) is 3.06. The number of hydrogen-bond donors (Lipinski definition) is 2. The summed E-state index contributed by atoms with van der Waals surface area (Å²) < 4.78 is 10.4. The molecule has 0 fully saturated rings. The average molecular weight is 395 g/mol. The Morgan fingerprint density at radius 3 is 2.42 bits per heavy atom. The van der Waals surface area contributed by atoms with Gasteiger partial charge in [0.25, 0.3) is 0 Å². The van der Waals surface area contributed by atoms with E-state index in [2.05, 4.69) is 11.8 Å². The number of terminal acetylenes is 2. The number of benzene rings is 1. The molecule has 138 valence electrons. The lowest BCUT2D eigenvalue weighted by Crippen LogP contribution is -2.27. The fraction of sp³-hybridized carbons (Fsp3) is 0.300. The minimum Gasteiger partial charge on any atom is -0.490 e. The molecule has 26 heavy (non-hydrogen) atoms. The van der Waals surface area contributed by atoms with Crippen molar-refractivity contribution in [3.63, 3.8) is 0 Å². The van der Waals surface area contributed by atoms with E-state index < -0.39 is 17.3 Å². The molecule has 0 aliphatic heterocycles. The Hall–Kier alpha value is -1.92. The maximum absolute atomic E-state index is 9.04. The van der Waals surface area contributed by atoms with E-state index in [1.807, 2.05) is 12.2 Å². The summed E-state index contributed by atoms with van der Waals surface area (Å²) >= 11 is 11.7. The Morgan fingerprint density at radius 2 is 1.85 bits per heavy atom. The van der Waals surface area contributed by atoms with E-state index in [0.29, 0.717) is 17.2 Å². The van der Waals surface area contributed by atoms with Gasteiger partial charge in [0.2, 0.25) is 0 Å². The van der Waals surface area contributed by atoms with Crippen molar-refractivity contribution in [2.45, 2.75) is 23.7 Å². The van der Waals surface area contributed by atoms with Gasteiger partial charge < -0.3 is 19.7 Å². The first-order valence-corrected chi connectivity index (χ1v) is 8.48. The highest BCUT2D eigenvalue weighted by Crippen LogP contribution is 2.26. The first-order chi connectivity index (χ1) is 12.4. The van der Waals surface area contributed by atoms with Gasteiger partial charge in [0.15, 0.2) is 5.06 Å². The summed E-state index contributed by atoms with van der Waals surface area (Å²) in [6.45, 7) is 0.134.